The van der Waals surface area contributed by atoms with Gasteiger partial charge >= 0.3 is 0 Å². The van der Waals surface area contributed by atoms with Crippen LogP contribution in [-0.2, 0) is 15.6 Å². The Morgan fingerprint density at radius 2 is 1.91 bits per heavy atom. The number of benzene rings is 1. The van der Waals surface area contributed by atoms with Gasteiger partial charge in [-0.25, -0.2) is 0 Å². The molecule has 5 nitrogen and oxygen atoms in total. The number of carbonyl (C=O) groups excluding carboxylic acids is 2. The topological polar surface area (TPSA) is 75.3 Å². The SMILES string of the molecule is CCC(=O)Nc1cccc(C(=O)NCC[S@@](=O)C(C)(C)C)c1. The summed E-state index contributed by atoms with van der Waals surface area (Å²) >= 11 is 0. The van der Waals surface area contributed by atoms with Crippen LogP contribution in [-0.4, -0.2) is 33.1 Å². The molecule has 2 amide bonds. The first kappa shape index (κ1) is 18.4. The lowest BCUT2D eigenvalue weighted by Crippen LogP contribution is -2.32. The minimum absolute atomic E-state index is 0.0990. The van der Waals surface area contributed by atoms with Crippen molar-refractivity contribution in [1.29, 1.82) is 0 Å². The maximum absolute atomic E-state index is 12.1. The van der Waals surface area contributed by atoms with E-state index in [-0.39, 0.29) is 16.6 Å². The Labute approximate surface area is 134 Å². The molecule has 1 atom stereocenters. The molecule has 0 spiro atoms. The van der Waals surface area contributed by atoms with Gasteiger partial charge in [0.05, 0.1) is 0 Å². The smallest absolute Gasteiger partial charge is 0.251 e. The maximum atomic E-state index is 12.1. The molecule has 0 aliphatic heterocycles. The molecule has 0 aliphatic rings. The van der Waals surface area contributed by atoms with Gasteiger partial charge in [-0.05, 0) is 39.0 Å². The predicted molar refractivity (Wildman–Crippen MR) is 90.5 cm³/mol. The van der Waals surface area contributed by atoms with E-state index in [9.17, 15) is 13.8 Å². The molecule has 122 valence electrons. The molecule has 0 bridgehead atoms. The fourth-order valence-electron chi connectivity index (χ4n) is 1.65. The summed E-state index contributed by atoms with van der Waals surface area (Å²) in [4.78, 5) is 23.4. The highest BCUT2D eigenvalue weighted by Gasteiger charge is 2.19. The van der Waals surface area contributed by atoms with Gasteiger partial charge in [0.15, 0.2) is 0 Å². The molecule has 1 rings (SSSR count). The van der Waals surface area contributed by atoms with Crippen LogP contribution in [0.1, 0.15) is 44.5 Å². The summed E-state index contributed by atoms with van der Waals surface area (Å²) in [5, 5.41) is 5.47. The Bertz CT molecular complexity index is 565. The number of anilines is 1. The molecule has 0 aliphatic carbocycles. The molecule has 22 heavy (non-hydrogen) atoms. The third-order valence-corrected chi connectivity index (χ3v) is 4.93. The molecule has 6 heteroatoms. The van der Waals surface area contributed by atoms with Gasteiger partial charge in [-0.3, -0.25) is 13.8 Å². The van der Waals surface area contributed by atoms with E-state index in [4.69, 9.17) is 0 Å². The highest BCUT2D eigenvalue weighted by molar-refractivity contribution is 7.86. The van der Waals surface area contributed by atoms with Gasteiger partial charge in [-0.2, -0.15) is 0 Å². The molecule has 1 aromatic carbocycles. The normalized spacial score (nSPS) is 12.5. The number of amides is 2. The number of hydrogen-bond acceptors (Lipinski definition) is 3. The molecule has 0 heterocycles. The molecule has 0 aromatic heterocycles. The van der Waals surface area contributed by atoms with E-state index in [1.807, 2.05) is 20.8 Å². The minimum Gasteiger partial charge on any atom is -0.351 e. The molecule has 1 aromatic rings. The second-order valence-corrected chi connectivity index (χ2v) is 8.22. The minimum atomic E-state index is -0.995. The Balaban J connectivity index is 2.57. The van der Waals surface area contributed by atoms with Crippen LogP contribution in [0, 0.1) is 0 Å². The molecule has 0 unspecified atom stereocenters. The fraction of sp³-hybridized carbons (Fsp3) is 0.500. The van der Waals surface area contributed by atoms with Crippen LogP contribution < -0.4 is 10.6 Å². The van der Waals surface area contributed by atoms with E-state index < -0.39 is 10.8 Å². The van der Waals surface area contributed by atoms with Crippen LogP contribution in [0.2, 0.25) is 0 Å². The zero-order chi connectivity index (χ0) is 16.8. The Hall–Kier alpha value is -1.69. The second kappa shape index (κ2) is 8.08. The number of hydrogen-bond donors (Lipinski definition) is 2. The van der Waals surface area contributed by atoms with E-state index in [0.717, 1.165) is 0 Å². The van der Waals surface area contributed by atoms with Crippen molar-refractivity contribution >= 4 is 28.3 Å². The van der Waals surface area contributed by atoms with E-state index in [1.165, 1.54) is 0 Å². The Morgan fingerprint density at radius 3 is 2.50 bits per heavy atom. The molecule has 0 saturated heterocycles. The predicted octanol–water partition coefficient (Wildman–Crippen LogP) is 2.31. The van der Waals surface area contributed by atoms with E-state index in [1.54, 1.807) is 31.2 Å². The summed E-state index contributed by atoms with van der Waals surface area (Å²) in [5.74, 6) is 0.0817. The first-order valence-electron chi connectivity index (χ1n) is 7.30. The third kappa shape index (κ3) is 5.97. The van der Waals surface area contributed by atoms with Crippen molar-refractivity contribution in [3.05, 3.63) is 29.8 Å². The summed E-state index contributed by atoms with van der Waals surface area (Å²) < 4.78 is 11.6. The zero-order valence-corrected chi connectivity index (χ0v) is 14.4. The van der Waals surface area contributed by atoms with E-state index in [2.05, 4.69) is 10.6 Å². The van der Waals surface area contributed by atoms with Crippen molar-refractivity contribution in [1.82, 2.24) is 5.32 Å². The summed E-state index contributed by atoms with van der Waals surface area (Å²) in [7, 11) is -0.995. The highest BCUT2D eigenvalue weighted by atomic mass is 32.2. The van der Waals surface area contributed by atoms with Gasteiger partial charge in [-0.15, -0.1) is 0 Å². The van der Waals surface area contributed by atoms with Crippen molar-refractivity contribution < 1.29 is 13.8 Å². The lowest BCUT2D eigenvalue weighted by Gasteiger charge is -2.17. The lowest BCUT2D eigenvalue weighted by atomic mass is 10.2. The quantitative estimate of drug-likeness (QED) is 0.843. The van der Waals surface area contributed by atoms with Crippen LogP contribution in [0.15, 0.2) is 24.3 Å². The van der Waals surface area contributed by atoms with Crippen LogP contribution >= 0.6 is 0 Å². The van der Waals surface area contributed by atoms with E-state index >= 15 is 0 Å². The largest absolute Gasteiger partial charge is 0.351 e. The fourth-order valence-corrected chi connectivity index (χ4v) is 2.55. The first-order chi connectivity index (χ1) is 10.2. The van der Waals surface area contributed by atoms with Crippen molar-refractivity contribution in [2.45, 2.75) is 38.9 Å². The highest BCUT2D eigenvalue weighted by Crippen LogP contribution is 2.12. The van der Waals surface area contributed by atoms with Gasteiger partial charge in [0.25, 0.3) is 5.91 Å². The molecule has 2 N–H and O–H groups in total. The van der Waals surface area contributed by atoms with Gasteiger partial charge in [-0.1, -0.05) is 13.0 Å². The van der Waals surface area contributed by atoms with Crippen LogP contribution in [0.25, 0.3) is 0 Å². The lowest BCUT2D eigenvalue weighted by molar-refractivity contribution is -0.115. The first-order valence-corrected chi connectivity index (χ1v) is 8.62. The molecule has 0 fully saturated rings. The Kier molecular flexibility index (Phi) is 6.74. The number of carbonyl (C=O) groups is 2. The molecular formula is C16H24N2O3S. The van der Waals surface area contributed by atoms with Gasteiger partial charge < -0.3 is 10.6 Å². The number of rotatable bonds is 6. The standard InChI is InChI=1S/C16H24N2O3S/c1-5-14(19)18-13-8-6-7-12(11-13)15(20)17-9-10-22(21)16(2,3)4/h6-8,11H,5,9-10H2,1-4H3,(H,17,20)(H,18,19)/t22-/m1/s1. The average molecular weight is 324 g/mol. The molecule has 0 saturated carbocycles. The van der Waals surface area contributed by atoms with Crippen LogP contribution in [0.3, 0.4) is 0 Å². The van der Waals surface area contributed by atoms with E-state index in [0.29, 0.717) is 30.0 Å². The monoisotopic (exact) mass is 324 g/mol. The Morgan fingerprint density at radius 1 is 1.23 bits per heavy atom. The summed E-state index contributed by atoms with van der Waals surface area (Å²) in [6, 6.07) is 6.76. The second-order valence-electron chi connectivity index (χ2n) is 5.90. The van der Waals surface area contributed by atoms with Crippen molar-refractivity contribution in [2.24, 2.45) is 0 Å². The van der Waals surface area contributed by atoms with Crippen LogP contribution in [0.4, 0.5) is 5.69 Å². The van der Waals surface area contributed by atoms with Crippen molar-refractivity contribution in [2.75, 3.05) is 17.6 Å². The molecule has 0 radical (unpaired) electrons. The summed E-state index contributed by atoms with van der Waals surface area (Å²) in [6.07, 6.45) is 0.384. The van der Waals surface area contributed by atoms with Gasteiger partial charge in [0.2, 0.25) is 5.91 Å². The average Bonchev–Trinajstić information content (AvgIpc) is 2.46. The van der Waals surface area contributed by atoms with Gasteiger partial charge in [0, 0.05) is 45.5 Å². The summed E-state index contributed by atoms with van der Waals surface area (Å²) in [6.45, 7) is 7.84. The number of nitrogens with one attached hydrogen (secondary N) is 2. The third-order valence-electron chi connectivity index (χ3n) is 2.99. The van der Waals surface area contributed by atoms with Gasteiger partial charge in [0.1, 0.15) is 0 Å². The zero-order valence-electron chi connectivity index (χ0n) is 13.6. The maximum Gasteiger partial charge on any atom is 0.251 e. The van der Waals surface area contributed by atoms with Crippen molar-refractivity contribution in [3.8, 4) is 0 Å². The van der Waals surface area contributed by atoms with Crippen molar-refractivity contribution in [3.63, 3.8) is 0 Å². The molecular weight excluding hydrogens is 300 g/mol. The van der Waals surface area contributed by atoms with Crippen LogP contribution in [0.5, 0.6) is 0 Å². The summed E-state index contributed by atoms with van der Waals surface area (Å²) in [5.41, 5.74) is 1.06.